The highest BCUT2D eigenvalue weighted by atomic mass is 16.6. The summed E-state index contributed by atoms with van der Waals surface area (Å²) in [5, 5.41) is 3.61. The Balaban J connectivity index is 1.32. The molecule has 9 nitrogen and oxygen atoms in total. The summed E-state index contributed by atoms with van der Waals surface area (Å²) in [6.45, 7) is 0.882. The molecular weight excluding hydrogens is 458 g/mol. The van der Waals surface area contributed by atoms with Crippen molar-refractivity contribution in [2.45, 2.75) is 6.42 Å². The normalized spacial score (nSPS) is 13.6. The van der Waals surface area contributed by atoms with E-state index in [4.69, 9.17) is 10.5 Å². The third-order valence-electron chi connectivity index (χ3n) is 5.87. The Bertz CT molecular complexity index is 1480. The number of carbonyl (C=O) groups is 3. The molecule has 9 heteroatoms. The fourth-order valence-corrected chi connectivity index (χ4v) is 4.09. The summed E-state index contributed by atoms with van der Waals surface area (Å²) in [5.74, 6) is -0.750. The van der Waals surface area contributed by atoms with Crippen LogP contribution in [0.1, 0.15) is 16.7 Å². The van der Waals surface area contributed by atoms with Crippen molar-refractivity contribution in [3.63, 3.8) is 0 Å². The largest absolute Gasteiger partial charge is 0.447 e. The number of aromatic amines is 1. The average molecular weight is 482 g/mol. The topological polar surface area (TPSA) is 130 Å². The van der Waals surface area contributed by atoms with Crippen LogP contribution in [0.25, 0.3) is 22.7 Å². The van der Waals surface area contributed by atoms with Crippen LogP contribution in [0.15, 0.2) is 73.1 Å². The molecule has 1 aliphatic rings. The maximum absolute atomic E-state index is 12.7. The highest BCUT2D eigenvalue weighted by Gasteiger charge is 2.23. The Morgan fingerprint density at radius 3 is 2.61 bits per heavy atom. The number of anilines is 2. The molecule has 4 aromatic rings. The van der Waals surface area contributed by atoms with Crippen LogP contribution in [-0.4, -0.2) is 41.0 Å². The molecular formula is C27H23N5O4. The molecule has 0 spiro atoms. The van der Waals surface area contributed by atoms with Crippen molar-refractivity contribution in [1.29, 1.82) is 0 Å². The zero-order valence-corrected chi connectivity index (χ0v) is 19.2. The van der Waals surface area contributed by atoms with Gasteiger partial charge in [0.25, 0.3) is 0 Å². The van der Waals surface area contributed by atoms with Crippen LogP contribution in [0.4, 0.5) is 16.2 Å². The highest BCUT2D eigenvalue weighted by molar-refractivity contribution is 6.24. The lowest BCUT2D eigenvalue weighted by atomic mass is 10.0. The van der Waals surface area contributed by atoms with Gasteiger partial charge in [-0.2, -0.15) is 0 Å². The van der Waals surface area contributed by atoms with Gasteiger partial charge in [0.15, 0.2) is 0 Å². The molecule has 1 saturated heterocycles. The van der Waals surface area contributed by atoms with E-state index in [9.17, 15) is 14.4 Å². The summed E-state index contributed by atoms with van der Waals surface area (Å²) in [7, 11) is 0. The van der Waals surface area contributed by atoms with Gasteiger partial charge in [0.1, 0.15) is 12.3 Å². The van der Waals surface area contributed by atoms with Gasteiger partial charge in [0, 0.05) is 28.4 Å². The molecule has 4 N–H and O–H groups in total. The van der Waals surface area contributed by atoms with Crippen molar-refractivity contribution < 1.29 is 19.1 Å². The number of rotatable bonds is 7. The number of carbonyl (C=O) groups excluding carboxylic acids is 3. The van der Waals surface area contributed by atoms with Crippen molar-refractivity contribution in [1.82, 2.24) is 9.97 Å². The number of fused-ring (bicyclic) bond motifs is 1. The van der Waals surface area contributed by atoms with Crippen LogP contribution >= 0.6 is 0 Å². The van der Waals surface area contributed by atoms with Gasteiger partial charge in [-0.05, 0) is 35.4 Å². The van der Waals surface area contributed by atoms with Gasteiger partial charge in [-0.1, -0.05) is 42.5 Å². The van der Waals surface area contributed by atoms with E-state index in [2.05, 4.69) is 15.3 Å². The van der Waals surface area contributed by atoms with Gasteiger partial charge in [0.2, 0.25) is 11.8 Å². The monoisotopic (exact) mass is 481 g/mol. The van der Waals surface area contributed by atoms with Gasteiger partial charge >= 0.3 is 6.09 Å². The van der Waals surface area contributed by atoms with Crippen LogP contribution in [0, 0.1) is 0 Å². The number of ether oxygens (including phenoxy) is 1. The number of hydrogen-bond donors (Lipinski definition) is 3. The molecule has 1 fully saturated rings. The van der Waals surface area contributed by atoms with Crippen molar-refractivity contribution in [2.75, 3.05) is 23.4 Å². The van der Waals surface area contributed by atoms with Gasteiger partial charge in [-0.3, -0.25) is 14.5 Å². The summed E-state index contributed by atoms with van der Waals surface area (Å²) in [4.78, 5) is 45.5. The number of nitrogens with one attached hydrogen (secondary N) is 2. The second kappa shape index (κ2) is 9.75. The maximum Gasteiger partial charge on any atom is 0.414 e. The van der Waals surface area contributed by atoms with E-state index in [0.717, 1.165) is 22.2 Å². The Morgan fingerprint density at radius 2 is 1.92 bits per heavy atom. The minimum atomic E-state index is -0.541. The molecule has 2 aromatic heterocycles. The fraction of sp³-hybridized carbons (Fsp3) is 0.111. The first-order valence-electron chi connectivity index (χ1n) is 11.3. The number of amides is 3. The van der Waals surface area contributed by atoms with Crippen LogP contribution in [0.2, 0.25) is 0 Å². The SMILES string of the molecule is NC(=O)/C(=C/c1c[nH]c2ncc(NC(=O)Cc3ccc(N4CCOC4=O)cc3)cc12)c1ccccc1. The fourth-order valence-electron chi connectivity index (χ4n) is 4.09. The van der Waals surface area contributed by atoms with E-state index >= 15 is 0 Å². The predicted octanol–water partition coefficient (Wildman–Crippen LogP) is 3.73. The van der Waals surface area contributed by atoms with Crippen LogP contribution in [-0.2, 0) is 20.7 Å². The third-order valence-corrected chi connectivity index (χ3v) is 5.87. The molecule has 0 atom stereocenters. The van der Waals surface area contributed by atoms with Gasteiger partial charge in [-0.15, -0.1) is 0 Å². The minimum Gasteiger partial charge on any atom is -0.447 e. The second-order valence-corrected chi connectivity index (χ2v) is 8.31. The summed E-state index contributed by atoms with van der Waals surface area (Å²) in [6, 6.07) is 18.2. The quantitative estimate of drug-likeness (QED) is 0.346. The summed E-state index contributed by atoms with van der Waals surface area (Å²) >= 11 is 0. The van der Waals surface area contributed by atoms with E-state index in [1.807, 2.05) is 42.5 Å². The number of hydrogen-bond acceptors (Lipinski definition) is 5. The number of nitrogens with zero attached hydrogens (tertiary/aromatic N) is 2. The van der Waals surface area contributed by atoms with Crippen molar-refractivity contribution in [3.8, 4) is 0 Å². The molecule has 36 heavy (non-hydrogen) atoms. The Labute approximate surface area is 206 Å². The molecule has 0 saturated carbocycles. The van der Waals surface area contributed by atoms with E-state index in [-0.39, 0.29) is 18.4 Å². The summed E-state index contributed by atoms with van der Waals surface area (Å²) < 4.78 is 4.96. The Kier molecular flexibility index (Phi) is 6.19. The molecule has 3 heterocycles. The molecule has 0 aliphatic carbocycles. The molecule has 0 radical (unpaired) electrons. The Hall–Kier alpha value is -4.92. The van der Waals surface area contributed by atoms with Crippen LogP contribution in [0.5, 0.6) is 0 Å². The van der Waals surface area contributed by atoms with Gasteiger partial charge < -0.3 is 20.8 Å². The lowest BCUT2D eigenvalue weighted by molar-refractivity contribution is -0.115. The van der Waals surface area contributed by atoms with Gasteiger partial charge in [-0.25, -0.2) is 9.78 Å². The van der Waals surface area contributed by atoms with Crippen LogP contribution in [0.3, 0.4) is 0 Å². The molecule has 0 bridgehead atoms. The number of aromatic nitrogens is 2. The standard InChI is InChI=1S/C27H23N5O4/c28-25(34)22(18-4-2-1-3-5-18)13-19-15-29-26-23(19)14-20(16-30-26)31-24(33)12-17-6-8-21(9-7-17)32-10-11-36-27(32)35/h1-9,13-16H,10-12H2,(H2,28,34)(H,29,30)(H,31,33)/b22-13+. The number of primary amides is 1. The van der Waals surface area contributed by atoms with Crippen molar-refractivity contribution >= 4 is 52.0 Å². The molecule has 2 aromatic carbocycles. The predicted molar refractivity (Wildman–Crippen MR) is 137 cm³/mol. The average Bonchev–Trinajstić information content (AvgIpc) is 3.49. The molecule has 3 amide bonds. The molecule has 5 rings (SSSR count). The first-order valence-corrected chi connectivity index (χ1v) is 11.3. The summed E-state index contributed by atoms with van der Waals surface area (Å²) in [5.41, 5.74) is 10.1. The number of benzene rings is 2. The molecule has 0 unspecified atom stereocenters. The number of nitrogens with two attached hydrogens (primary N) is 1. The lowest BCUT2D eigenvalue weighted by Crippen LogP contribution is -2.23. The van der Waals surface area contributed by atoms with Crippen molar-refractivity contribution in [3.05, 3.63) is 89.7 Å². The maximum atomic E-state index is 12.7. The zero-order valence-electron chi connectivity index (χ0n) is 19.2. The van der Waals surface area contributed by atoms with Crippen molar-refractivity contribution in [2.24, 2.45) is 5.73 Å². The smallest absolute Gasteiger partial charge is 0.414 e. The number of H-pyrrole nitrogens is 1. The Morgan fingerprint density at radius 1 is 1.14 bits per heavy atom. The molecule has 1 aliphatic heterocycles. The minimum absolute atomic E-state index is 0.155. The highest BCUT2D eigenvalue weighted by Crippen LogP contribution is 2.26. The van der Waals surface area contributed by atoms with Crippen LogP contribution < -0.4 is 16.0 Å². The zero-order chi connectivity index (χ0) is 25.1. The first-order chi connectivity index (χ1) is 17.5. The van der Waals surface area contributed by atoms with E-state index in [1.165, 1.54) is 0 Å². The first kappa shape index (κ1) is 22.9. The molecule has 180 valence electrons. The van der Waals surface area contributed by atoms with E-state index in [0.29, 0.717) is 35.6 Å². The second-order valence-electron chi connectivity index (χ2n) is 8.31. The number of pyridine rings is 1. The van der Waals surface area contributed by atoms with E-state index < -0.39 is 5.91 Å². The third kappa shape index (κ3) is 4.80. The van der Waals surface area contributed by atoms with E-state index in [1.54, 1.807) is 41.6 Å². The van der Waals surface area contributed by atoms with Gasteiger partial charge in [0.05, 0.1) is 24.8 Å². The summed E-state index contributed by atoms with van der Waals surface area (Å²) in [6.07, 6.45) is 4.81. The number of cyclic esters (lactones) is 1. The lowest BCUT2D eigenvalue weighted by Gasteiger charge is -2.13.